The lowest BCUT2D eigenvalue weighted by Crippen LogP contribution is -2.01. The van der Waals surface area contributed by atoms with Crippen molar-refractivity contribution in [2.75, 3.05) is 26.7 Å². The van der Waals surface area contributed by atoms with Crippen molar-refractivity contribution in [3.8, 4) is 33.8 Å². The molecule has 6 rings (SSSR count). The summed E-state index contributed by atoms with van der Waals surface area (Å²) in [5.74, 6) is 1.66. The molecule has 246 valence electrons. The fourth-order valence-electron chi connectivity index (χ4n) is 4.79. The van der Waals surface area contributed by atoms with Crippen molar-refractivity contribution in [3.63, 3.8) is 0 Å². The van der Waals surface area contributed by atoms with Gasteiger partial charge in [-0.1, -0.05) is 51.3 Å². The maximum Gasteiger partial charge on any atom is 0.137 e. The van der Waals surface area contributed by atoms with Crippen molar-refractivity contribution in [2.24, 2.45) is 0 Å². The van der Waals surface area contributed by atoms with Gasteiger partial charge in [0, 0.05) is 38.0 Å². The molecule has 47 heavy (non-hydrogen) atoms. The molecule has 9 nitrogen and oxygen atoms in total. The Morgan fingerprint density at radius 2 is 1.21 bits per heavy atom. The van der Waals surface area contributed by atoms with E-state index >= 15 is 0 Å². The van der Waals surface area contributed by atoms with Crippen LogP contribution < -0.4 is 9.47 Å². The lowest BCUT2D eigenvalue weighted by Gasteiger charge is -2.12. The highest BCUT2D eigenvalue weighted by Gasteiger charge is 2.11. The average molecular weight is 671 g/mol. The summed E-state index contributed by atoms with van der Waals surface area (Å²) in [6, 6.07) is 28.4. The van der Waals surface area contributed by atoms with E-state index < -0.39 is 10.8 Å². The van der Waals surface area contributed by atoms with Crippen molar-refractivity contribution in [1.82, 2.24) is 29.5 Å². The summed E-state index contributed by atoms with van der Waals surface area (Å²) in [6.07, 6.45) is 10.2. The average Bonchev–Trinajstić information content (AvgIpc) is 3.80. The topological polar surface area (TPSA) is 96.9 Å². The molecule has 0 spiro atoms. The Balaban J connectivity index is 0.000000245. The molecule has 0 aliphatic heterocycles. The Hall–Kier alpha value is -4.74. The Bertz CT molecular complexity index is 1860. The first-order chi connectivity index (χ1) is 22.0. The molecule has 0 aliphatic carbocycles. The first-order valence-corrected chi connectivity index (χ1v) is 16.8. The van der Waals surface area contributed by atoms with Crippen LogP contribution in [0, 0.1) is 0 Å². The largest absolute Gasteiger partial charge is 0.496 e. The summed E-state index contributed by atoms with van der Waals surface area (Å²) in [5, 5.41) is 8.28. The third kappa shape index (κ3) is 9.63. The van der Waals surface area contributed by atoms with Gasteiger partial charge in [-0.05, 0) is 77.0 Å². The third-order valence-electron chi connectivity index (χ3n) is 7.01. The number of methoxy groups -OCH3 is 2. The van der Waals surface area contributed by atoms with Gasteiger partial charge in [0.05, 0.1) is 27.3 Å². The highest BCUT2D eigenvalue weighted by molar-refractivity contribution is 7.98. The minimum absolute atomic E-state index is 0. The van der Waals surface area contributed by atoms with E-state index in [4.69, 9.17) is 9.47 Å². The van der Waals surface area contributed by atoms with E-state index in [2.05, 4.69) is 68.9 Å². The molecule has 0 radical (unpaired) electrons. The van der Waals surface area contributed by atoms with E-state index in [0.29, 0.717) is 13.1 Å². The molecular weight excluding hydrogens is 629 g/mol. The van der Waals surface area contributed by atoms with Gasteiger partial charge in [0.15, 0.2) is 0 Å². The normalized spacial score (nSPS) is 10.9. The monoisotopic (exact) mass is 670 g/mol. The van der Waals surface area contributed by atoms with Gasteiger partial charge in [-0.25, -0.2) is 19.3 Å². The number of hydrogen-bond acceptors (Lipinski definition) is 8. The second kappa shape index (κ2) is 17.8. The highest BCUT2D eigenvalue weighted by atomic mass is 32.2. The van der Waals surface area contributed by atoms with Crippen LogP contribution >= 0.6 is 11.8 Å². The van der Waals surface area contributed by atoms with Crippen molar-refractivity contribution in [3.05, 3.63) is 121 Å². The van der Waals surface area contributed by atoms with Gasteiger partial charge in [-0.3, -0.25) is 4.21 Å². The van der Waals surface area contributed by atoms with Crippen LogP contribution in [-0.4, -0.2) is 60.5 Å². The molecule has 0 aliphatic rings. The van der Waals surface area contributed by atoms with Gasteiger partial charge in [-0.15, -0.1) is 11.8 Å². The number of benzene rings is 4. The van der Waals surface area contributed by atoms with Crippen LogP contribution in [0.2, 0.25) is 0 Å². The zero-order valence-corrected chi connectivity index (χ0v) is 27.2. The summed E-state index contributed by atoms with van der Waals surface area (Å²) < 4.78 is 26.3. The van der Waals surface area contributed by atoms with E-state index in [1.54, 1.807) is 55.9 Å². The van der Waals surface area contributed by atoms with Crippen LogP contribution in [0.1, 0.15) is 26.0 Å². The minimum Gasteiger partial charge on any atom is -0.496 e. The summed E-state index contributed by atoms with van der Waals surface area (Å²) in [6.45, 7) is 1.33. The number of ether oxygens (including phenoxy) is 2. The molecule has 0 N–H and O–H groups in total. The van der Waals surface area contributed by atoms with Crippen molar-refractivity contribution < 1.29 is 13.7 Å². The zero-order chi connectivity index (χ0) is 31.6. The van der Waals surface area contributed by atoms with Crippen LogP contribution in [0.15, 0.2) is 120 Å². The van der Waals surface area contributed by atoms with Gasteiger partial charge in [0.2, 0.25) is 0 Å². The summed E-state index contributed by atoms with van der Waals surface area (Å²) >= 11 is 1.74. The maximum atomic E-state index is 11.7. The van der Waals surface area contributed by atoms with Crippen molar-refractivity contribution in [2.45, 2.75) is 37.7 Å². The van der Waals surface area contributed by atoms with E-state index in [1.807, 2.05) is 47.1 Å². The van der Waals surface area contributed by atoms with Gasteiger partial charge < -0.3 is 9.47 Å². The second-order valence-corrected chi connectivity index (χ2v) is 12.2. The van der Waals surface area contributed by atoms with Gasteiger partial charge >= 0.3 is 0 Å². The third-order valence-corrected chi connectivity index (χ3v) is 8.65. The van der Waals surface area contributed by atoms with Gasteiger partial charge in [-0.2, -0.15) is 10.2 Å². The molecule has 0 saturated heterocycles. The number of aromatic nitrogens is 6. The second-order valence-electron chi connectivity index (χ2n) is 9.97. The lowest BCUT2D eigenvalue weighted by molar-refractivity contribution is 0.416. The fourth-order valence-corrected chi connectivity index (χ4v) is 5.82. The van der Waals surface area contributed by atoms with Gasteiger partial charge in [0.1, 0.15) is 36.8 Å². The predicted molar refractivity (Wildman–Crippen MR) is 193 cm³/mol. The Morgan fingerprint density at radius 3 is 1.66 bits per heavy atom. The Kier molecular flexibility index (Phi) is 13.9. The molecule has 4 aromatic carbocycles. The molecule has 1 unspecified atom stereocenters. The first-order valence-electron chi connectivity index (χ1n) is 14.0. The van der Waals surface area contributed by atoms with Crippen LogP contribution in [0.4, 0.5) is 0 Å². The number of rotatable bonds is 10. The smallest absolute Gasteiger partial charge is 0.137 e. The van der Waals surface area contributed by atoms with Crippen LogP contribution in [-0.2, 0) is 23.9 Å². The van der Waals surface area contributed by atoms with Crippen LogP contribution in [0.25, 0.3) is 22.3 Å². The van der Waals surface area contributed by atoms with Gasteiger partial charge in [0.25, 0.3) is 0 Å². The minimum atomic E-state index is -1.02. The highest BCUT2D eigenvalue weighted by Crippen LogP contribution is 2.34. The van der Waals surface area contributed by atoms with Crippen molar-refractivity contribution >= 4 is 22.6 Å². The molecule has 0 amide bonds. The SMILES string of the molecule is C.C.COc1ccc(Cn2cncn2)cc1-c1cccc(S(C)=O)c1.COc1ccc(Cn2cncn2)cc1-c1cccc(SC)c1. The molecule has 2 aromatic heterocycles. The summed E-state index contributed by atoms with van der Waals surface area (Å²) in [5.41, 5.74) is 6.46. The lowest BCUT2D eigenvalue weighted by atomic mass is 10.0. The molecule has 1 atom stereocenters. The summed E-state index contributed by atoms with van der Waals surface area (Å²) in [4.78, 5) is 9.97. The predicted octanol–water partition coefficient (Wildman–Crippen LogP) is 7.74. The van der Waals surface area contributed by atoms with E-state index in [-0.39, 0.29) is 14.9 Å². The molecule has 6 aromatic rings. The van der Waals surface area contributed by atoms with E-state index in [0.717, 1.165) is 49.8 Å². The van der Waals surface area contributed by atoms with Crippen molar-refractivity contribution in [1.29, 1.82) is 0 Å². The first kappa shape index (κ1) is 36.7. The van der Waals surface area contributed by atoms with Crippen LogP contribution in [0.5, 0.6) is 11.5 Å². The zero-order valence-electron chi connectivity index (χ0n) is 25.5. The standard InChI is InChI=1S/C17H17N3O2S.C17H17N3OS.2CH4/c1-22-17-7-6-13(10-20-12-18-11-19-20)8-16(17)14-4-3-5-15(9-14)23(2)21;1-21-17-7-6-13(10-20-12-18-11-19-20)8-16(17)14-4-3-5-15(9-14)22-2;;/h3-9,11-12H,10H2,1-2H3;3-9,11-12H,10H2,1-2H3;2*1H4. The summed E-state index contributed by atoms with van der Waals surface area (Å²) in [7, 11) is 2.34. The van der Waals surface area contributed by atoms with E-state index in [1.165, 1.54) is 11.2 Å². The molecule has 0 fully saturated rings. The molecule has 11 heteroatoms. The fraction of sp³-hybridized carbons (Fsp3) is 0.222. The Labute approximate surface area is 284 Å². The Morgan fingerprint density at radius 1 is 0.702 bits per heavy atom. The van der Waals surface area contributed by atoms with Crippen LogP contribution in [0.3, 0.4) is 0 Å². The number of thioether (sulfide) groups is 1. The maximum absolute atomic E-state index is 11.7. The quantitative estimate of drug-likeness (QED) is 0.137. The molecule has 2 heterocycles. The molecular formula is C36H42N6O3S2. The number of nitrogens with zero attached hydrogens (tertiary/aromatic N) is 6. The number of hydrogen-bond donors (Lipinski definition) is 0. The molecule has 0 saturated carbocycles. The molecule has 0 bridgehead atoms. The van der Waals surface area contributed by atoms with E-state index in [9.17, 15) is 4.21 Å².